The van der Waals surface area contributed by atoms with Gasteiger partial charge in [0.05, 0.1) is 11.2 Å². The van der Waals surface area contributed by atoms with Crippen LogP contribution in [0, 0.1) is 11.3 Å². The number of hydrogen-bond donors (Lipinski definition) is 1. The van der Waals surface area contributed by atoms with Crippen LogP contribution in [0.2, 0.25) is 5.02 Å². The molecular formula is C16H9ClN2O2. The topological polar surface area (TPSA) is 66.0 Å². The Morgan fingerprint density at radius 2 is 1.90 bits per heavy atom. The molecule has 0 radical (unpaired) electrons. The lowest BCUT2D eigenvalue weighted by molar-refractivity contribution is 0.472. The first-order chi connectivity index (χ1) is 10.1. The molecule has 5 heteroatoms. The Labute approximate surface area is 125 Å². The van der Waals surface area contributed by atoms with Crippen molar-refractivity contribution in [1.29, 1.82) is 5.26 Å². The highest BCUT2D eigenvalue weighted by molar-refractivity contribution is 6.30. The van der Waals surface area contributed by atoms with Gasteiger partial charge in [0.2, 0.25) is 0 Å². The Bertz CT molecular complexity index is 955. The van der Waals surface area contributed by atoms with Gasteiger partial charge in [-0.05, 0) is 30.3 Å². The number of fused-ring (bicyclic) bond motifs is 1. The zero-order valence-electron chi connectivity index (χ0n) is 10.7. The Balaban J connectivity index is 2.52. The number of halogens is 1. The molecule has 0 fully saturated rings. The Kier molecular flexibility index (Phi) is 3.13. The first-order valence-electron chi connectivity index (χ1n) is 6.15. The summed E-state index contributed by atoms with van der Waals surface area (Å²) < 4.78 is 1.53. The van der Waals surface area contributed by atoms with Gasteiger partial charge >= 0.3 is 0 Å². The maximum absolute atomic E-state index is 12.0. The number of aromatic nitrogens is 1. The zero-order chi connectivity index (χ0) is 15.0. The molecule has 1 aromatic heterocycles. The molecule has 0 bridgehead atoms. The van der Waals surface area contributed by atoms with Crippen molar-refractivity contribution < 1.29 is 5.11 Å². The van der Waals surface area contributed by atoms with E-state index in [9.17, 15) is 15.2 Å². The summed E-state index contributed by atoms with van der Waals surface area (Å²) in [5.41, 5.74) is 0.797. The fraction of sp³-hybridized carbons (Fsp3) is 0. The molecule has 3 rings (SSSR count). The first-order valence-corrected chi connectivity index (χ1v) is 6.53. The van der Waals surface area contributed by atoms with Crippen LogP contribution in [0.4, 0.5) is 0 Å². The standard InChI is InChI=1S/C16H9ClN2O2/c17-10-5-6-15(20)14(7-10)19-11(9-18)8-16(21)12-3-1-2-4-13(12)19/h1-8,20H. The number of nitriles is 1. The third kappa shape index (κ3) is 2.14. The number of phenols is 1. The van der Waals surface area contributed by atoms with Gasteiger partial charge in [0.15, 0.2) is 5.43 Å². The SMILES string of the molecule is N#Cc1cc(=O)c2ccccc2n1-c1cc(Cl)ccc1O. The van der Waals surface area contributed by atoms with Crippen molar-refractivity contribution in [2.24, 2.45) is 0 Å². The minimum Gasteiger partial charge on any atom is -0.506 e. The van der Waals surface area contributed by atoms with E-state index in [4.69, 9.17) is 11.6 Å². The second kappa shape index (κ2) is 4.97. The van der Waals surface area contributed by atoms with Crippen molar-refractivity contribution in [3.8, 4) is 17.5 Å². The number of rotatable bonds is 1. The summed E-state index contributed by atoms with van der Waals surface area (Å²) in [5.74, 6) is -0.0234. The van der Waals surface area contributed by atoms with Crippen LogP contribution in [0.5, 0.6) is 5.75 Å². The lowest BCUT2D eigenvalue weighted by Crippen LogP contribution is -2.11. The largest absolute Gasteiger partial charge is 0.506 e. The van der Waals surface area contributed by atoms with Gasteiger partial charge in [-0.1, -0.05) is 23.7 Å². The normalized spacial score (nSPS) is 10.5. The van der Waals surface area contributed by atoms with E-state index in [1.165, 1.54) is 16.7 Å². The highest BCUT2D eigenvalue weighted by atomic mass is 35.5. The monoisotopic (exact) mass is 296 g/mol. The molecule has 21 heavy (non-hydrogen) atoms. The van der Waals surface area contributed by atoms with E-state index in [2.05, 4.69) is 0 Å². The van der Waals surface area contributed by atoms with Crippen LogP contribution in [-0.4, -0.2) is 9.67 Å². The van der Waals surface area contributed by atoms with Crippen LogP contribution >= 0.6 is 11.6 Å². The summed E-state index contributed by atoms with van der Waals surface area (Å²) >= 11 is 5.98. The smallest absolute Gasteiger partial charge is 0.190 e. The second-order valence-electron chi connectivity index (χ2n) is 4.49. The summed E-state index contributed by atoms with van der Waals surface area (Å²) in [7, 11) is 0. The second-order valence-corrected chi connectivity index (χ2v) is 4.93. The molecule has 4 nitrogen and oxygen atoms in total. The molecule has 3 aromatic rings. The van der Waals surface area contributed by atoms with Crippen LogP contribution < -0.4 is 5.43 Å². The van der Waals surface area contributed by atoms with Crippen LogP contribution in [0.15, 0.2) is 53.3 Å². The predicted octanol–water partition coefficient (Wildman–Crippen LogP) is 3.22. The maximum atomic E-state index is 12.0. The maximum Gasteiger partial charge on any atom is 0.190 e. The number of phenolic OH excluding ortho intramolecular Hbond substituents is 1. The Morgan fingerprint density at radius 3 is 2.67 bits per heavy atom. The van der Waals surface area contributed by atoms with Gasteiger partial charge in [-0.25, -0.2) is 0 Å². The van der Waals surface area contributed by atoms with Gasteiger partial charge in [0.1, 0.15) is 17.5 Å². The Hall–Kier alpha value is -2.77. The molecule has 1 heterocycles. The van der Waals surface area contributed by atoms with Gasteiger partial charge < -0.3 is 5.11 Å². The summed E-state index contributed by atoms with van der Waals surface area (Å²) in [5, 5.41) is 20.3. The molecule has 0 saturated carbocycles. The van der Waals surface area contributed by atoms with Crippen molar-refractivity contribution >= 4 is 22.5 Å². The molecule has 0 aliphatic carbocycles. The van der Waals surface area contributed by atoms with E-state index in [-0.39, 0.29) is 16.9 Å². The molecule has 1 N–H and O–H groups in total. The van der Waals surface area contributed by atoms with Gasteiger partial charge in [0.25, 0.3) is 0 Å². The highest BCUT2D eigenvalue weighted by Gasteiger charge is 2.13. The molecule has 0 aliphatic rings. The average molecular weight is 297 g/mol. The van der Waals surface area contributed by atoms with E-state index >= 15 is 0 Å². The molecule has 0 unspecified atom stereocenters. The van der Waals surface area contributed by atoms with Crippen LogP contribution in [0.1, 0.15) is 5.69 Å². The molecule has 0 aliphatic heterocycles. The Morgan fingerprint density at radius 1 is 1.14 bits per heavy atom. The van der Waals surface area contributed by atoms with Crippen molar-refractivity contribution in [3.63, 3.8) is 0 Å². The predicted molar refractivity (Wildman–Crippen MR) is 80.9 cm³/mol. The van der Waals surface area contributed by atoms with Crippen LogP contribution in [0.25, 0.3) is 16.6 Å². The third-order valence-corrected chi connectivity index (χ3v) is 3.45. The molecule has 0 saturated heterocycles. The summed E-state index contributed by atoms with van der Waals surface area (Å²) in [4.78, 5) is 12.0. The number of pyridine rings is 1. The number of para-hydroxylation sites is 1. The molecular weight excluding hydrogens is 288 g/mol. The van der Waals surface area contributed by atoms with E-state index in [0.29, 0.717) is 21.6 Å². The number of hydrogen-bond acceptors (Lipinski definition) is 3. The van der Waals surface area contributed by atoms with Crippen molar-refractivity contribution in [1.82, 2.24) is 4.57 Å². The van der Waals surface area contributed by atoms with Crippen molar-refractivity contribution in [2.45, 2.75) is 0 Å². The quantitative estimate of drug-likeness (QED) is 0.750. The van der Waals surface area contributed by atoms with E-state index in [0.717, 1.165) is 0 Å². The lowest BCUT2D eigenvalue weighted by Gasteiger charge is -2.14. The van der Waals surface area contributed by atoms with E-state index in [1.54, 1.807) is 36.4 Å². The number of nitrogens with zero attached hydrogens (tertiary/aromatic N) is 2. The lowest BCUT2D eigenvalue weighted by atomic mass is 10.1. The zero-order valence-corrected chi connectivity index (χ0v) is 11.5. The number of benzene rings is 2. The molecule has 2 aromatic carbocycles. The summed E-state index contributed by atoms with van der Waals surface area (Å²) in [6, 6.07) is 14.7. The minimum absolute atomic E-state index is 0.0234. The molecule has 102 valence electrons. The number of aromatic hydroxyl groups is 1. The first kappa shape index (κ1) is 13.2. The van der Waals surface area contributed by atoms with Crippen LogP contribution in [-0.2, 0) is 0 Å². The van der Waals surface area contributed by atoms with E-state index in [1.807, 2.05) is 6.07 Å². The molecule has 0 atom stereocenters. The highest BCUT2D eigenvalue weighted by Crippen LogP contribution is 2.28. The molecule has 0 amide bonds. The van der Waals surface area contributed by atoms with Gasteiger partial charge in [-0.3, -0.25) is 9.36 Å². The van der Waals surface area contributed by atoms with Crippen LogP contribution in [0.3, 0.4) is 0 Å². The molecule has 0 spiro atoms. The van der Waals surface area contributed by atoms with Gasteiger partial charge in [-0.15, -0.1) is 0 Å². The average Bonchev–Trinajstić information content (AvgIpc) is 2.50. The van der Waals surface area contributed by atoms with Crippen molar-refractivity contribution in [3.05, 3.63) is 69.5 Å². The van der Waals surface area contributed by atoms with Gasteiger partial charge in [-0.2, -0.15) is 5.26 Å². The fourth-order valence-corrected chi connectivity index (χ4v) is 2.46. The summed E-state index contributed by atoms with van der Waals surface area (Å²) in [6.45, 7) is 0. The van der Waals surface area contributed by atoms with Crippen molar-refractivity contribution in [2.75, 3.05) is 0 Å². The third-order valence-electron chi connectivity index (χ3n) is 3.21. The minimum atomic E-state index is -0.236. The van der Waals surface area contributed by atoms with E-state index < -0.39 is 0 Å². The fourth-order valence-electron chi connectivity index (χ4n) is 2.29. The summed E-state index contributed by atoms with van der Waals surface area (Å²) in [6.07, 6.45) is 0. The van der Waals surface area contributed by atoms with Gasteiger partial charge in [0, 0.05) is 16.5 Å².